The van der Waals surface area contributed by atoms with E-state index >= 15 is 0 Å². The van der Waals surface area contributed by atoms with E-state index in [0.717, 1.165) is 0 Å². The molecule has 0 fully saturated rings. The Hall–Kier alpha value is -0.500. The number of aliphatic hydroxyl groups is 6. The van der Waals surface area contributed by atoms with Crippen LogP contribution >= 0.6 is 0 Å². The van der Waals surface area contributed by atoms with E-state index in [-0.39, 0.29) is 0 Å². The molecule has 0 saturated heterocycles. The minimum absolute atomic E-state index is 0.726. The van der Waals surface area contributed by atoms with Crippen LogP contribution in [0.4, 0.5) is 0 Å². The highest BCUT2D eigenvalue weighted by Gasteiger charge is 2.29. The van der Waals surface area contributed by atoms with Crippen molar-refractivity contribution in [3.05, 3.63) is 12.7 Å². The smallest absolute Gasteiger partial charge is 0.111 e. The van der Waals surface area contributed by atoms with Gasteiger partial charge in [0.25, 0.3) is 0 Å². The molecule has 0 saturated carbocycles. The van der Waals surface area contributed by atoms with E-state index < -0.39 is 37.6 Å². The van der Waals surface area contributed by atoms with Crippen molar-refractivity contribution in [1.82, 2.24) is 0 Å². The van der Waals surface area contributed by atoms with Gasteiger partial charge in [0, 0.05) is 0 Å². The van der Waals surface area contributed by atoms with Gasteiger partial charge in [-0.1, -0.05) is 6.08 Å². The third-order valence-corrected chi connectivity index (χ3v) is 1.51. The third kappa shape index (κ3) is 7.43. The van der Waals surface area contributed by atoms with E-state index in [9.17, 15) is 0 Å². The van der Waals surface area contributed by atoms with Gasteiger partial charge in [-0.25, -0.2) is 0 Å². The Morgan fingerprint density at radius 2 is 1.13 bits per heavy atom. The summed E-state index contributed by atoms with van der Waals surface area (Å²) in [5, 5.41) is 52.2. The maximum Gasteiger partial charge on any atom is 0.111 e. The number of rotatable bonds is 5. The molecule has 0 heterocycles. The van der Waals surface area contributed by atoms with Crippen molar-refractivity contribution in [2.24, 2.45) is 0 Å². The first-order valence-electron chi connectivity index (χ1n) is 4.47. The zero-order valence-corrected chi connectivity index (χ0v) is 8.69. The van der Waals surface area contributed by atoms with Crippen molar-refractivity contribution in [2.75, 3.05) is 13.2 Å². The first kappa shape index (κ1) is 16.9. The van der Waals surface area contributed by atoms with Gasteiger partial charge in [0.1, 0.15) is 24.4 Å². The largest absolute Gasteiger partial charge is 0.394 e. The molecule has 0 radical (unpaired) electrons. The monoisotopic (exact) mass is 224 g/mol. The van der Waals surface area contributed by atoms with Crippen LogP contribution in [0.2, 0.25) is 0 Å². The zero-order valence-electron chi connectivity index (χ0n) is 8.69. The molecule has 0 aromatic rings. The number of allylic oxidation sites excluding steroid dienone is 1. The molecule has 15 heavy (non-hydrogen) atoms. The highest BCUT2D eigenvalue weighted by molar-refractivity contribution is 4.79. The van der Waals surface area contributed by atoms with E-state index in [0.29, 0.717) is 0 Å². The van der Waals surface area contributed by atoms with Gasteiger partial charge in [-0.15, -0.1) is 6.58 Å². The molecular formula is C9H20O6. The highest BCUT2D eigenvalue weighted by atomic mass is 16.4. The molecule has 0 rings (SSSR count). The van der Waals surface area contributed by atoms with E-state index in [2.05, 4.69) is 6.58 Å². The van der Waals surface area contributed by atoms with Gasteiger partial charge in [0.15, 0.2) is 0 Å². The first-order valence-corrected chi connectivity index (χ1v) is 4.47. The van der Waals surface area contributed by atoms with E-state index in [1.165, 1.54) is 0 Å². The van der Waals surface area contributed by atoms with Crippen LogP contribution in [0.3, 0.4) is 0 Å². The second-order valence-electron chi connectivity index (χ2n) is 2.89. The average Bonchev–Trinajstić information content (AvgIpc) is 2.25. The summed E-state index contributed by atoms with van der Waals surface area (Å²) in [6.45, 7) is 3.80. The Kier molecular flexibility index (Phi) is 11.3. The van der Waals surface area contributed by atoms with Crippen molar-refractivity contribution in [3.63, 3.8) is 0 Å². The van der Waals surface area contributed by atoms with E-state index in [1.54, 1.807) is 6.08 Å². The Morgan fingerprint density at radius 3 is 1.27 bits per heavy atom. The lowest BCUT2D eigenvalue weighted by Gasteiger charge is -2.24. The molecule has 0 amide bonds. The average molecular weight is 224 g/mol. The third-order valence-electron chi connectivity index (χ3n) is 1.51. The molecule has 0 aromatic carbocycles. The van der Waals surface area contributed by atoms with Gasteiger partial charge in [0.05, 0.1) is 13.2 Å². The van der Waals surface area contributed by atoms with Crippen LogP contribution in [-0.2, 0) is 0 Å². The summed E-state index contributed by atoms with van der Waals surface area (Å²) in [5.41, 5.74) is 0. The second-order valence-corrected chi connectivity index (χ2v) is 2.89. The maximum atomic E-state index is 8.96. The molecule has 6 heteroatoms. The van der Waals surface area contributed by atoms with E-state index in [1.807, 2.05) is 6.92 Å². The van der Waals surface area contributed by atoms with Crippen LogP contribution in [0.5, 0.6) is 0 Å². The minimum Gasteiger partial charge on any atom is -0.394 e. The number of aliphatic hydroxyl groups excluding tert-OH is 6. The summed E-state index contributed by atoms with van der Waals surface area (Å²) < 4.78 is 0. The van der Waals surface area contributed by atoms with Gasteiger partial charge in [-0.05, 0) is 6.92 Å². The van der Waals surface area contributed by atoms with Crippen molar-refractivity contribution >= 4 is 0 Å². The topological polar surface area (TPSA) is 121 Å². The fourth-order valence-corrected chi connectivity index (χ4v) is 0.671. The van der Waals surface area contributed by atoms with Gasteiger partial charge in [-0.3, -0.25) is 0 Å². The van der Waals surface area contributed by atoms with Gasteiger partial charge in [-0.2, -0.15) is 0 Å². The van der Waals surface area contributed by atoms with Gasteiger partial charge < -0.3 is 30.6 Å². The standard InChI is InChI=1S/C6H14O6.C3H6/c7-1-3(9)5(11)6(12)4(10)2-8;1-3-2/h3-12H,1-2H2;3H,1H2,2H3. The summed E-state index contributed by atoms with van der Waals surface area (Å²) in [5.74, 6) is 0. The zero-order chi connectivity index (χ0) is 12.4. The molecule has 4 unspecified atom stereocenters. The number of hydrogen-bond acceptors (Lipinski definition) is 6. The second kappa shape index (κ2) is 10.0. The Bertz CT molecular complexity index is 138. The fraction of sp³-hybridized carbons (Fsp3) is 0.778. The van der Waals surface area contributed by atoms with Crippen molar-refractivity contribution in [1.29, 1.82) is 0 Å². The Balaban J connectivity index is 0. The molecule has 92 valence electrons. The molecule has 4 atom stereocenters. The van der Waals surface area contributed by atoms with Crippen LogP contribution in [0.1, 0.15) is 6.92 Å². The van der Waals surface area contributed by atoms with Gasteiger partial charge in [0.2, 0.25) is 0 Å². The SMILES string of the molecule is C=CC.OCC(O)C(O)C(O)C(O)CO. The molecule has 0 aliphatic heterocycles. The normalized spacial score (nSPS) is 18.1. The quantitative estimate of drug-likeness (QED) is 0.290. The fourth-order valence-electron chi connectivity index (χ4n) is 0.671. The summed E-state index contributed by atoms with van der Waals surface area (Å²) in [7, 11) is 0. The van der Waals surface area contributed by atoms with Crippen molar-refractivity contribution in [2.45, 2.75) is 31.3 Å². The lowest BCUT2D eigenvalue weighted by Crippen LogP contribution is -2.46. The van der Waals surface area contributed by atoms with Crippen molar-refractivity contribution < 1.29 is 30.6 Å². The molecule has 6 N–H and O–H groups in total. The maximum absolute atomic E-state index is 8.96. The molecule has 0 spiro atoms. The van der Waals surface area contributed by atoms with E-state index in [4.69, 9.17) is 30.6 Å². The molecule has 6 nitrogen and oxygen atoms in total. The van der Waals surface area contributed by atoms with Crippen LogP contribution in [0.25, 0.3) is 0 Å². The summed E-state index contributed by atoms with van der Waals surface area (Å²) in [4.78, 5) is 0. The summed E-state index contributed by atoms with van der Waals surface area (Å²) >= 11 is 0. The highest BCUT2D eigenvalue weighted by Crippen LogP contribution is 2.03. The molecular weight excluding hydrogens is 204 g/mol. The van der Waals surface area contributed by atoms with Crippen LogP contribution in [0, 0.1) is 0 Å². The number of hydrogen-bond donors (Lipinski definition) is 6. The van der Waals surface area contributed by atoms with Crippen LogP contribution in [-0.4, -0.2) is 68.3 Å². The lowest BCUT2D eigenvalue weighted by molar-refractivity contribution is -0.123. The van der Waals surface area contributed by atoms with Crippen LogP contribution < -0.4 is 0 Å². The summed E-state index contributed by atoms with van der Waals surface area (Å²) in [6, 6.07) is 0. The lowest BCUT2D eigenvalue weighted by atomic mass is 10.0. The first-order chi connectivity index (χ1) is 6.95. The minimum atomic E-state index is -1.67. The van der Waals surface area contributed by atoms with Crippen molar-refractivity contribution in [3.8, 4) is 0 Å². The van der Waals surface area contributed by atoms with Crippen LogP contribution in [0.15, 0.2) is 12.7 Å². The molecule has 0 bridgehead atoms. The molecule has 0 aliphatic rings. The summed E-state index contributed by atoms with van der Waals surface area (Å²) in [6.07, 6.45) is -4.64. The Labute approximate surface area is 88.7 Å². The molecule has 0 aromatic heterocycles. The molecule has 0 aliphatic carbocycles. The predicted molar refractivity (Wildman–Crippen MR) is 54.1 cm³/mol. The predicted octanol–water partition coefficient (Wildman–Crippen LogP) is -2.39. The Morgan fingerprint density at radius 1 is 0.933 bits per heavy atom. The van der Waals surface area contributed by atoms with Gasteiger partial charge >= 0.3 is 0 Å².